The van der Waals surface area contributed by atoms with Crippen LogP contribution in [0.2, 0.25) is 0 Å². The zero-order valence-corrected chi connectivity index (χ0v) is 14.3. The predicted molar refractivity (Wildman–Crippen MR) is 89.7 cm³/mol. The SMILES string of the molecule is CC(C)c1ccc(C(C(=O)NCCN(C)C)C(C)C)cc1. The lowest BCUT2D eigenvalue weighted by Crippen LogP contribution is -2.36. The molecule has 0 aliphatic heterocycles. The van der Waals surface area contributed by atoms with Crippen LogP contribution < -0.4 is 5.32 Å². The molecule has 1 amide bonds. The van der Waals surface area contributed by atoms with E-state index in [0.717, 1.165) is 12.1 Å². The highest BCUT2D eigenvalue weighted by atomic mass is 16.1. The lowest BCUT2D eigenvalue weighted by atomic mass is 9.86. The molecule has 0 radical (unpaired) electrons. The van der Waals surface area contributed by atoms with Crippen molar-refractivity contribution in [3.05, 3.63) is 35.4 Å². The fourth-order valence-corrected chi connectivity index (χ4v) is 2.44. The Morgan fingerprint density at radius 3 is 2.00 bits per heavy atom. The highest BCUT2D eigenvalue weighted by molar-refractivity contribution is 5.83. The maximum absolute atomic E-state index is 12.5. The van der Waals surface area contributed by atoms with Gasteiger partial charge in [-0.1, -0.05) is 52.0 Å². The summed E-state index contributed by atoms with van der Waals surface area (Å²) >= 11 is 0. The second-order valence-corrected chi connectivity index (χ2v) is 6.64. The zero-order chi connectivity index (χ0) is 16.0. The molecule has 3 heteroatoms. The van der Waals surface area contributed by atoms with Crippen LogP contribution >= 0.6 is 0 Å². The Kier molecular flexibility index (Phi) is 6.90. The molecule has 1 unspecified atom stereocenters. The van der Waals surface area contributed by atoms with Crippen LogP contribution in [-0.2, 0) is 4.79 Å². The van der Waals surface area contributed by atoms with Crippen LogP contribution in [0, 0.1) is 5.92 Å². The molecule has 0 bridgehead atoms. The normalized spacial score (nSPS) is 13.0. The Morgan fingerprint density at radius 1 is 1.05 bits per heavy atom. The van der Waals surface area contributed by atoms with E-state index in [0.29, 0.717) is 12.5 Å². The van der Waals surface area contributed by atoms with Gasteiger partial charge < -0.3 is 10.2 Å². The molecule has 0 fully saturated rings. The molecule has 0 spiro atoms. The second-order valence-electron chi connectivity index (χ2n) is 6.64. The average Bonchev–Trinajstić information content (AvgIpc) is 2.38. The van der Waals surface area contributed by atoms with E-state index in [9.17, 15) is 4.79 Å². The van der Waals surface area contributed by atoms with E-state index in [1.807, 2.05) is 14.1 Å². The van der Waals surface area contributed by atoms with Crippen molar-refractivity contribution in [1.82, 2.24) is 10.2 Å². The standard InChI is InChI=1S/C18H30N2O/c1-13(2)15-7-9-16(10-8-15)17(14(3)4)18(21)19-11-12-20(5)6/h7-10,13-14,17H,11-12H2,1-6H3,(H,19,21). The van der Waals surface area contributed by atoms with E-state index < -0.39 is 0 Å². The molecule has 0 aliphatic carbocycles. The third kappa shape index (κ3) is 5.50. The zero-order valence-electron chi connectivity index (χ0n) is 14.3. The number of benzene rings is 1. The number of hydrogen-bond acceptors (Lipinski definition) is 2. The van der Waals surface area contributed by atoms with Gasteiger partial charge in [-0.25, -0.2) is 0 Å². The van der Waals surface area contributed by atoms with Crippen molar-refractivity contribution in [2.75, 3.05) is 27.2 Å². The quantitative estimate of drug-likeness (QED) is 0.836. The van der Waals surface area contributed by atoms with Crippen LogP contribution in [0.3, 0.4) is 0 Å². The molecule has 118 valence electrons. The molecule has 0 aromatic heterocycles. The molecule has 0 heterocycles. The number of amides is 1. The van der Waals surface area contributed by atoms with Crippen LogP contribution in [-0.4, -0.2) is 38.0 Å². The van der Waals surface area contributed by atoms with Gasteiger partial charge in [-0.3, -0.25) is 4.79 Å². The summed E-state index contributed by atoms with van der Waals surface area (Å²) in [5.41, 5.74) is 2.42. The van der Waals surface area contributed by atoms with Crippen molar-refractivity contribution >= 4 is 5.91 Å². The summed E-state index contributed by atoms with van der Waals surface area (Å²) in [5.74, 6) is 0.859. The third-order valence-corrected chi connectivity index (χ3v) is 3.77. The summed E-state index contributed by atoms with van der Waals surface area (Å²) in [5, 5.41) is 3.05. The number of nitrogens with one attached hydrogen (secondary N) is 1. The predicted octanol–water partition coefficient (Wildman–Crippen LogP) is 3.23. The van der Waals surface area contributed by atoms with Gasteiger partial charge in [0.2, 0.25) is 5.91 Å². The number of carbonyl (C=O) groups is 1. The fourth-order valence-electron chi connectivity index (χ4n) is 2.44. The van der Waals surface area contributed by atoms with E-state index in [1.54, 1.807) is 0 Å². The number of likely N-dealkylation sites (N-methyl/N-ethyl adjacent to an activating group) is 1. The molecule has 0 saturated carbocycles. The van der Waals surface area contributed by atoms with Gasteiger partial charge in [0.25, 0.3) is 0 Å². The highest BCUT2D eigenvalue weighted by Gasteiger charge is 2.23. The molecular formula is C18H30N2O. The first-order valence-corrected chi connectivity index (χ1v) is 7.85. The second kappa shape index (κ2) is 8.18. The topological polar surface area (TPSA) is 32.3 Å². The molecule has 21 heavy (non-hydrogen) atoms. The molecule has 1 aromatic rings. The Bertz CT molecular complexity index is 435. The van der Waals surface area contributed by atoms with Gasteiger partial charge in [0, 0.05) is 13.1 Å². The van der Waals surface area contributed by atoms with Gasteiger partial charge in [-0.2, -0.15) is 0 Å². The molecule has 3 nitrogen and oxygen atoms in total. The number of carbonyl (C=O) groups excluding carboxylic acids is 1. The van der Waals surface area contributed by atoms with Crippen molar-refractivity contribution in [2.24, 2.45) is 5.92 Å². The Labute approximate surface area is 129 Å². The molecule has 1 aromatic carbocycles. The van der Waals surface area contributed by atoms with Gasteiger partial charge in [-0.15, -0.1) is 0 Å². The van der Waals surface area contributed by atoms with E-state index in [4.69, 9.17) is 0 Å². The summed E-state index contributed by atoms with van der Waals surface area (Å²) in [6.45, 7) is 10.1. The summed E-state index contributed by atoms with van der Waals surface area (Å²) in [7, 11) is 4.02. The van der Waals surface area contributed by atoms with Crippen molar-refractivity contribution in [3.8, 4) is 0 Å². The maximum Gasteiger partial charge on any atom is 0.227 e. The smallest absolute Gasteiger partial charge is 0.227 e. The average molecular weight is 290 g/mol. The number of hydrogen-bond donors (Lipinski definition) is 1. The van der Waals surface area contributed by atoms with Crippen molar-refractivity contribution < 1.29 is 4.79 Å². The lowest BCUT2D eigenvalue weighted by Gasteiger charge is -2.22. The first-order chi connectivity index (χ1) is 9.82. The van der Waals surface area contributed by atoms with Crippen LogP contribution in [0.1, 0.15) is 50.7 Å². The fraction of sp³-hybridized carbons (Fsp3) is 0.611. The lowest BCUT2D eigenvalue weighted by molar-refractivity contribution is -0.123. The van der Waals surface area contributed by atoms with Gasteiger partial charge in [0.05, 0.1) is 5.92 Å². The van der Waals surface area contributed by atoms with Crippen LogP contribution in [0.25, 0.3) is 0 Å². The molecule has 1 N–H and O–H groups in total. The third-order valence-electron chi connectivity index (χ3n) is 3.77. The van der Waals surface area contributed by atoms with Crippen LogP contribution in [0.4, 0.5) is 0 Å². The Hall–Kier alpha value is -1.35. The summed E-state index contributed by atoms with van der Waals surface area (Å²) in [6.07, 6.45) is 0. The molecule has 0 saturated heterocycles. The molecule has 0 aliphatic rings. The Morgan fingerprint density at radius 2 is 1.57 bits per heavy atom. The maximum atomic E-state index is 12.5. The number of nitrogens with zero attached hydrogens (tertiary/aromatic N) is 1. The van der Waals surface area contributed by atoms with Gasteiger partial charge >= 0.3 is 0 Å². The van der Waals surface area contributed by atoms with Crippen LogP contribution in [0.5, 0.6) is 0 Å². The Balaban J connectivity index is 2.78. The highest BCUT2D eigenvalue weighted by Crippen LogP contribution is 2.26. The minimum Gasteiger partial charge on any atom is -0.354 e. The summed E-state index contributed by atoms with van der Waals surface area (Å²) in [6, 6.07) is 8.49. The minimum atomic E-state index is -0.0756. The summed E-state index contributed by atoms with van der Waals surface area (Å²) in [4.78, 5) is 14.5. The molecular weight excluding hydrogens is 260 g/mol. The van der Waals surface area contributed by atoms with Gasteiger partial charge in [-0.05, 0) is 37.1 Å². The molecule has 1 atom stereocenters. The van der Waals surface area contributed by atoms with Crippen molar-refractivity contribution in [3.63, 3.8) is 0 Å². The van der Waals surface area contributed by atoms with E-state index in [2.05, 4.69) is 62.2 Å². The monoisotopic (exact) mass is 290 g/mol. The minimum absolute atomic E-state index is 0.0756. The largest absolute Gasteiger partial charge is 0.354 e. The molecule has 1 rings (SSSR count). The van der Waals surface area contributed by atoms with E-state index >= 15 is 0 Å². The summed E-state index contributed by atoms with van der Waals surface area (Å²) < 4.78 is 0. The first-order valence-electron chi connectivity index (χ1n) is 7.85. The number of rotatable bonds is 7. The van der Waals surface area contributed by atoms with Crippen LogP contribution in [0.15, 0.2) is 24.3 Å². The van der Waals surface area contributed by atoms with E-state index in [1.165, 1.54) is 5.56 Å². The van der Waals surface area contributed by atoms with Crippen molar-refractivity contribution in [1.29, 1.82) is 0 Å². The van der Waals surface area contributed by atoms with Crippen molar-refractivity contribution in [2.45, 2.75) is 39.5 Å². The van der Waals surface area contributed by atoms with Gasteiger partial charge in [0.1, 0.15) is 0 Å². The van der Waals surface area contributed by atoms with Gasteiger partial charge in [0.15, 0.2) is 0 Å². The first kappa shape index (κ1) is 17.7. The van der Waals surface area contributed by atoms with E-state index in [-0.39, 0.29) is 17.7 Å².